The maximum atomic E-state index is 12.5. The molecule has 0 saturated carbocycles. The Balaban J connectivity index is 1.97. The van der Waals surface area contributed by atoms with Gasteiger partial charge in [0.15, 0.2) is 5.76 Å². The average molecular weight is 387 g/mol. The number of hydrogen-bond donors (Lipinski definition) is 1. The van der Waals surface area contributed by atoms with Crippen LogP contribution in [0.3, 0.4) is 0 Å². The van der Waals surface area contributed by atoms with Crippen LogP contribution in [0.4, 0.5) is 0 Å². The SMILES string of the molecule is Cc1noc(C)c1S(=O)(=O)N(C)CCNS(=O)(=O)Cc1ccccc1. The summed E-state index contributed by atoms with van der Waals surface area (Å²) < 4.78 is 57.6. The predicted molar refractivity (Wildman–Crippen MR) is 92.9 cm³/mol. The summed E-state index contributed by atoms with van der Waals surface area (Å²) in [6.07, 6.45) is 0. The van der Waals surface area contributed by atoms with E-state index in [0.29, 0.717) is 5.56 Å². The zero-order valence-corrected chi connectivity index (χ0v) is 15.9. The Morgan fingerprint density at radius 1 is 1.12 bits per heavy atom. The van der Waals surface area contributed by atoms with E-state index in [2.05, 4.69) is 9.88 Å². The molecule has 1 N–H and O–H groups in total. The number of benzene rings is 1. The molecule has 0 bridgehead atoms. The Labute approximate surface area is 147 Å². The first-order chi connectivity index (χ1) is 11.6. The maximum Gasteiger partial charge on any atom is 0.248 e. The average Bonchev–Trinajstić information content (AvgIpc) is 2.87. The molecule has 1 aromatic carbocycles. The summed E-state index contributed by atoms with van der Waals surface area (Å²) in [4.78, 5) is 0.0159. The van der Waals surface area contributed by atoms with Crippen LogP contribution in [0.5, 0.6) is 0 Å². The van der Waals surface area contributed by atoms with Gasteiger partial charge in [-0.15, -0.1) is 0 Å². The van der Waals surface area contributed by atoms with E-state index >= 15 is 0 Å². The van der Waals surface area contributed by atoms with Crippen LogP contribution >= 0.6 is 0 Å². The molecule has 0 aliphatic carbocycles. The van der Waals surface area contributed by atoms with Gasteiger partial charge in [-0.2, -0.15) is 4.31 Å². The highest BCUT2D eigenvalue weighted by Gasteiger charge is 2.28. The van der Waals surface area contributed by atoms with Crippen molar-refractivity contribution in [2.24, 2.45) is 0 Å². The Morgan fingerprint density at radius 2 is 1.76 bits per heavy atom. The number of sulfonamides is 2. The van der Waals surface area contributed by atoms with E-state index in [4.69, 9.17) is 4.52 Å². The number of aromatic nitrogens is 1. The van der Waals surface area contributed by atoms with Gasteiger partial charge >= 0.3 is 0 Å². The van der Waals surface area contributed by atoms with Crippen molar-refractivity contribution in [3.05, 3.63) is 47.3 Å². The minimum atomic E-state index is -3.79. The molecule has 0 saturated heterocycles. The molecule has 138 valence electrons. The van der Waals surface area contributed by atoms with Crippen LogP contribution in [0, 0.1) is 13.8 Å². The van der Waals surface area contributed by atoms with Crippen molar-refractivity contribution in [3.8, 4) is 0 Å². The Morgan fingerprint density at radius 3 is 2.32 bits per heavy atom. The lowest BCUT2D eigenvalue weighted by Crippen LogP contribution is -2.36. The summed E-state index contributed by atoms with van der Waals surface area (Å²) in [6.45, 7) is 3.01. The highest BCUT2D eigenvalue weighted by molar-refractivity contribution is 7.89. The van der Waals surface area contributed by atoms with Gasteiger partial charge in [-0.1, -0.05) is 35.5 Å². The van der Waals surface area contributed by atoms with Crippen LogP contribution in [-0.4, -0.2) is 46.4 Å². The van der Waals surface area contributed by atoms with E-state index in [9.17, 15) is 16.8 Å². The first-order valence-corrected chi connectivity index (χ1v) is 10.6. The van der Waals surface area contributed by atoms with Crippen LogP contribution < -0.4 is 4.72 Å². The van der Waals surface area contributed by atoms with Crippen molar-refractivity contribution < 1.29 is 21.4 Å². The summed E-state index contributed by atoms with van der Waals surface area (Å²) in [7, 11) is -5.96. The van der Waals surface area contributed by atoms with Gasteiger partial charge in [-0.25, -0.2) is 21.6 Å². The summed E-state index contributed by atoms with van der Waals surface area (Å²) in [5.41, 5.74) is 0.931. The quantitative estimate of drug-likeness (QED) is 0.724. The van der Waals surface area contributed by atoms with Crippen LogP contribution in [0.25, 0.3) is 0 Å². The van der Waals surface area contributed by atoms with Crippen LogP contribution in [0.1, 0.15) is 17.0 Å². The number of hydrogen-bond acceptors (Lipinski definition) is 6. The molecule has 10 heteroatoms. The summed E-state index contributed by atoms with van der Waals surface area (Å²) >= 11 is 0. The van der Waals surface area contributed by atoms with Gasteiger partial charge in [-0.05, 0) is 19.4 Å². The second-order valence-electron chi connectivity index (χ2n) is 5.62. The van der Waals surface area contributed by atoms with Crippen LogP contribution in [-0.2, 0) is 25.8 Å². The van der Waals surface area contributed by atoms with Crippen molar-refractivity contribution >= 4 is 20.0 Å². The summed E-state index contributed by atoms with van der Waals surface area (Å²) in [6, 6.07) is 8.75. The lowest BCUT2D eigenvalue weighted by Gasteiger charge is -2.17. The van der Waals surface area contributed by atoms with Gasteiger partial charge in [0.25, 0.3) is 0 Å². The lowest BCUT2D eigenvalue weighted by molar-refractivity contribution is 0.389. The molecule has 2 aromatic rings. The molecule has 0 spiro atoms. The predicted octanol–water partition coefficient (Wildman–Crippen LogP) is 1.03. The Bertz CT molecular complexity index is 902. The third-order valence-electron chi connectivity index (χ3n) is 3.58. The minimum Gasteiger partial charge on any atom is -0.360 e. The van der Waals surface area contributed by atoms with Gasteiger partial charge in [0.05, 0.1) is 5.75 Å². The third-order valence-corrected chi connectivity index (χ3v) is 7.04. The fourth-order valence-corrected chi connectivity index (χ4v) is 4.91. The highest BCUT2D eigenvalue weighted by atomic mass is 32.2. The van der Waals surface area contributed by atoms with Crippen molar-refractivity contribution in [1.82, 2.24) is 14.2 Å². The molecule has 0 fully saturated rings. The molecule has 0 aliphatic heterocycles. The minimum absolute atomic E-state index is 0.0135. The Kier molecular flexibility index (Phi) is 5.99. The van der Waals surface area contributed by atoms with Crippen LogP contribution in [0.15, 0.2) is 39.8 Å². The Hall–Kier alpha value is -1.75. The summed E-state index contributed by atoms with van der Waals surface area (Å²) in [5, 5.41) is 3.64. The molecular weight excluding hydrogens is 366 g/mol. The lowest BCUT2D eigenvalue weighted by atomic mass is 10.2. The second-order valence-corrected chi connectivity index (χ2v) is 9.41. The maximum absolute atomic E-state index is 12.5. The van der Waals surface area contributed by atoms with Crippen molar-refractivity contribution in [3.63, 3.8) is 0 Å². The van der Waals surface area contributed by atoms with Gasteiger partial charge < -0.3 is 4.52 Å². The number of likely N-dealkylation sites (N-methyl/N-ethyl adjacent to an activating group) is 1. The smallest absolute Gasteiger partial charge is 0.248 e. The topological polar surface area (TPSA) is 110 Å². The van der Waals surface area contributed by atoms with Gasteiger partial charge in [0, 0.05) is 20.1 Å². The zero-order chi connectivity index (χ0) is 18.7. The number of aryl methyl sites for hydroxylation is 2. The second kappa shape index (κ2) is 7.65. The van der Waals surface area contributed by atoms with Gasteiger partial charge in [0.2, 0.25) is 20.0 Å². The molecule has 0 unspecified atom stereocenters. The highest BCUT2D eigenvalue weighted by Crippen LogP contribution is 2.21. The number of nitrogens with one attached hydrogen (secondary N) is 1. The molecule has 25 heavy (non-hydrogen) atoms. The van der Waals surface area contributed by atoms with Crippen LogP contribution in [0.2, 0.25) is 0 Å². The standard InChI is InChI=1S/C15H21N3O5S2/c1-12-15(13(2)23-17-12)25(21,22)18(3)10-9-16-24(19,20)11-14-7-5-4-6-8-14/h4-8,16H,9-11H2,1-3H3. The molecule has 0 aliphatic rings. The van der Waals surface area contributed by atoms with E-state index in [-0.39, 0.29) is 35.2 Å². The van der Waals surface area contributed by atoms with Crippen molar-refractivity contribution in [1.29, 1.82) is 0 Å². The number of nitrogens with zero attached hydrogens (tertiary/aromatic N) is 2. The van der Waals surface area contributed by atoms with Gasteiger partial charge in [0.1, 0.15) is 10.6 Å². The molecule has 2 rings (SSSR count). The molecule has 0 amide bonds. The molecule has 1 heterocycles. The molecule has 0 atom stereocenters. The van der Waals surface area contributed by atoms with Crippen molar-refractivity contribution in [2.45, 2.75) is 24.5 Å². The number of rotatable bonds is 8. The fraction of sp³-hybridized carbons (Fsp3) is 0.400. The van der Waals surface area contributed by atoms with E-state index in [0.717, 1.165) is 4.31 Å². The van der Waals surface area contributed by atoms with E-state index in [1.54, 1.807) is 37.3 Å². The monoisotopic (exact) mass is 387 g/mol. The zero-order valence-electron chi connectivity index (χ0n) is 14.3. The molecular formula is C15H21N3O5S2. The molecule has 0 radical (unpaired) electrons. The third kappa shape index (κ3) is 4.88. The van der Waals surface area contributed by atoms with E-state index in [1.807, 2.05) is 0 Å². The van der Waals surface area contributed by atoms with E-state index < -0.39 is 20.0 Å². The van der Waals surface area contributed by atoms with Gasteiger partial charge in [-0.3, -0.25) is 0 Å². The summed E-state index contributed by atoms with van der Waals surface area (Å²) in [5.74, 6) is 0.0442. The van der Waals surface area contributed by atoms with Crippen molar-refractivity contribution in [2.75, 3.05) is 20.1 Å². The van der Waals surface area contributed by atoms with E-state index in [1.165, 1.54) is 14.0 Å². The first-order valence-electron chi connectivity index (χ1n) is 7.54. The largest absolute Gasteiger partial charge is 0.360 e. The normalized spacial score (nSPS) is 12.6. The fourth-order valence-electron chi connectivity index (χ4n) is 2.32. The first kappa shape index (κ1) is 19.6. The molecule has 1 aromatic heterocycles. The molecule has 8 nitrogen and oxygen atoms in total.